The van der Waals surface area contributed by atoms with Gasteiger partial charge >= 0.3 is 0 Å². The number of carbonyl (C=O) groups excluding carboxylic acids is 1. The van der Waals surface area contributed by atoms with E-state index >= 15 is 0 Å². The van der Waals surface area contributed by atoms with E-state index in [2.05, 4.69) is 5.32 Å². The molecule has 80 valence electrons. The van der Waals surface area contributed by atoms with Crippen LogP contribution in [-0.4, -0.2) is 32.1 Å². The number of piperidine rings is 1. The highest BCUT2D eigenvalue weighted by Crippen LogP contribution is 2.58. The van der Waals surface area contributed by atoms with Gasteiger partial charge in [0.25, 0.3) is 0 Å². The van der Waals surface area contributed by atoms with Gasteiger partial charge in [0.1, 0.15) is 6.61 Å². The fraction of sp³-hybridized carbons (Fsp3) is 0.909. The Hall–Kier alpha value is -0.410. The van der Waals surface area contributed by atoms with Gasteiger partial charge in [0.2, 0.25) is 0 Å². The molecule has 3 heteroatoms. The number of ether oxygens (including phenoxy) is 1. The first kappa shape index (κ1) is 10.1. The molecular formula is C11H19NO2. The Balaban J connectivity index is 1.81. The SMILES string of the molecule is CCOCC(=O)C1CC12CCNCC2. The van der Waals surface area contributed by atoms with Crippen molar-refractivity contribution in [2.75, 3.05) is 26.3 Å². The number of hydrogen-bond donors (Lipinski definition) is 1. The Morgan fingerprint density at radius 1 is 1.50 bits per heavy atom. The standard InChI is InChI=1S/C11H19NO2/c1-2-14-8-10(13)9-7-11(9)3-5-12-6-4-11/h9,12H,2-8H2,1H3. The maximum absolute atomic E-state index is 11.7. The van der Waals surface area contributed by atoms with Crippen LogP contribution in [0.2, 0.25) is 0 Å². The molecule has 0 amide bonds. The lowest BCUT2D eigenvalue weighted by atomic mass is 9.91. The number of Topliss-reactive ketones (excluding diaryl/α,β-unsaturated/α-hetero) is 1. The van der Waals surface area contributed by atoms with Crippen LogP contribution in [0.5, 0.6) is 0 Å². The summed E-state index contributed by atoms with van der Waals surface area (Å²) >= 11 is 0. The Morgan fingerprint density at radius 2 is 2.21 bits per heavy atom. The summed E-state index contributed by atoms with van der Waals surface area (Å²) in [5.41, 5.74) is 0.374. The van der Waals surface area contributed by atoms with Gasteiger partial charge in [-0.05, 0) is 44.7 Å². The minimum Gasteiger partial charge on any atom is -0.374 e. The molecule has 1 aliphatic heterocycles. The highest BCUT2D eigenvalue weighted by Gasteiger charge is 2.57. The third-order valence-corrected chi connectivity index (χ3v) is 3.63. The van der Waals surface area contributed by atoms with Crippen molar-refractivity contribution >= 4 is 5.78 Å². The average molecular weight is 197 g/mol. The maximum atomic E-state index is 11.7. The van der Waals surface area contributed by atoms with Crippen LogP contribution in [0.1, 0.15) is 26.2 Å². The summed E-state index contributed by atoms with van der Waals surface area (Å²) in [4.78, 5) is 11.7. The van der Waals surface area contributed by atoms with Crippen LogP contribution >= 0.6 is 0 Å². The van der Waals surface area contributed by atoms with E-state index in [0.29, 0.717) is 30.3 Å². The van der Waals surface area contributed by atoms with Crippen molar-refractivity contribution in [3.63, 3.8) is 0 Å². The first-order valence-corrected chi connectivity index (χ1v) is 5.60. The Labute approximate surface area is 85.2 Å². The first-order chi connectivity index (χ1) is 6.78. The zero-order valence-corrected chi connectivity index (χ0v) is 8.84. The summed E-state index contributed by atoms with van der Waals surface area (Å²) < 4.78 is 5.17. The molecule has 3 nitrogen and oxygen atoms in total. The normalized spacial score (nSPS) is 29.1. The van der Waals surface area contributed by atoms with Crippen LogP contribution in [0.4, 0.5) is 0 Å². The van der Waals surface area contributed by atoms with Gasteiger partial charge in [-0.25, -0.2) is 0 Å². The summed E-state index contributed by atoms with van der Waals surface area (Å²) in [5, 5.41) is 3.34. The minimum atomic E-state index is 0.316. The van der Waals surface area contributed by atoms with E-state index in [9.17, 15) is 4.79 Å². The predicted octanol–water partition coefficient (Wildman–Crippen LogP) is 0.982. The predicted molar refractivity (Wildman–Crippen MR) is 54.1 cm³/mol. The summed E-state index contributed by atoms with van der Waals surface area (Å²) in [7, 11) is 0. The van der Waals surface area contributed by atoms with Gasteiger partial charge in [-0.15, -0.1) is 0 Å². The second-order valence-electron chi connectivity index (χ2n) is 4.47. The molecule has 2 rings (SSSR count). The molecule has 1 saturated heterocycles. The molecule has 1 spiro atoms. The number of hydrogen-bond acceptors (Lipinski definition) is 3. The fourth-order valence-electron chi connectivity index (χ4n) is 2.58. The summed E-state index contributed by atoms with van der Waals surface area (Å²) in [6.07, 6.45) is 3.46. The third kappa shape index (κ3) is 1.84. The van der Waals surface area contributed by atoms with E-state index in [1.807, 2.05) is 6.92 Å². The van der Waals surface area contributed by atoms with Crippen LogP contribution in [0.15, 0.2) is 0 Å². The Morgan fingerprint density at radius 3 is 2.86 bits per heavy atom. The van der Waals surface area contributed by atoms with Crippen molar-refractivity contribution in [3.05, 3.63) is 0 Å². The second-order valence-corrected chi connectivity index (χ2v) is 4.47. The zero-order chi connectivity index (χ0) is 10.0. The molecule has 1 saturated carbocycles. The number of ketones is 1. The summed E-state index contributed by atoms with van der Waals surface area (Å²) in [5.74, 6) is 0.643. The topological polar surface area (TPSA) is 38.3 Å². The fourth-order valence-corrected chi connectivity index (χ4v) is 2.58. The van der Waals surface area contributed by atoms with Crippen molar-refractivity contribution in [3.8, 4) is 0 Å². The first-order valence-electron chi connectivity index (χ1n) is 5.60. The molecule has 0 aromatic carbocycles. The van der Waals surface area contributed by atoms with Crippen molar-refractivity contribution in [2.24, 2.45) is 11.3 Å². The molecule has 1 N–H and O–H groups in total. The Bertz CT molecular complexity index is 221. The minimum absolute atomic E-state index is 0.316. The second kappa shape index (κ2) is 3.99. The highest BCUT2D eigenvalue weighted by atomic mass is 16.5. The quantitative estimate of drug-likeness (QED) is 0.730. The zero-order valence-electron chi connectivity index (χ0n) is 8.84. The van der Waals surface area contributed by atoms with E-state index in [1.54, 1.807) is 0 Å². The summed E-state index contributed by atoms with van der Waals surface area (Å²) in [6.45, 7) is 5.07. The van der Waals surface area contributed by atoms with Crippen molar-refractivity contribution in [1.82, 2.24) is 5.32 Å². The van der Waals surface area contributed by atoms with Crippen LogP contribution in [0.3, 0.4) is 0 Å². The molecule has 1 unspecified atom stereocenters. The number of carbonyl (C=O) groups is 1. The van der Waals surface area contributed by atoms with Gasteiger partial charge in [-0.2, -0.15) is 0 Å². The van der Waals surface area contributed by atoms with Crippen molar-refractivity contribution in [2.45, 2.75) is 26.2 Å². The maximum Gasteiger partial charge on any atom is 0.162 e. The van der Waals surface area contributed by atoms with E-state index in [-0.39, 0.29) is 0 Å². The molecule has 0 aromatic rings. The molecule has 14 heavy (non-hydrogen) atoms. The smallest absolute Gasteiger partial charge is 0.162 e. The summed E-state index contributed by atoms with van der Waals surface area (Å²) in [6, 6.07) is 0. The van der Waals surface area contributed by atoms with Crippen LogP contribution < -0.4 is 5.32 Å². The van der Waals surface area contributed by atoms with Crippen LogP contribution in [0, 0.1) is 11.3 Å². The molecule has 0 bridgehead atoms. The molecule has 1 atom stereocenters. The van der Waals surface area contributed by atoms with Gasteiger partial charge in [0.05, 0.1) is 0 Å². The van der Waals surface area contributed by atoms with Gasteiger partial charge < -0.3 is 10.1 Å². The van der Waals surface area contributed by atoms with E-state index in [1.165, 1.54) is 12.8 Å². The molecule has 1 heterocycles. The molecule has 2 aliphatic rings. The van der Waals surface area contributed by atoms with Crippen molar-refractivity contribution in [1.29, 1.82) is 0 Å². The Kier molecular flexibility index (Phi) is 2.88. The third-order valence-electron chi connectivity index (χ3n) is 3.63. The lowest BCUT2D eigenvalue weighted by Crippen LogP contribution is -2.31. The molecule has 1 aliphatic carbocycles. The number of nitrogens with one attached hydrogen (secondary N) is 1. The van der Waals surface area contributed by atoms with Crippen molar-refractivity contribution < 1.29 is 9.53 Å². The molecule has 0 aromatic heterocycles. The lowest BCUT2D eigenvalue weighted by molar-refractivity contribution is -0.125. The van der Waals surface area contributed by atoms with Gasteiger partial charge in [0.15, 0.2) is 5.78 Å². The molecule has 2 fully saturated rings. The van der Waals surface area contributed by atoms with Gasteiger partial charge in [-0.3, -0.25) is 4.79 Å². The molecule has 0 radical (unpaired) electrons. The van der Waals surface area contributed by atoms with Gasteiger partial charge in [-0.1, -0.05) is 0 Å². The van der Waals surface area contributed by atoms with Gasteiger partial charge in [0, 0.05) is 12.5 Å². The largest absolute Gasteiger partial charge is 0.374 e. The van der Waals surface area contributed by atoms with Crippen LogP contribution in [0.25, 0.3) is 0 Å². The molecular weight excluding hydrogens is 178 g/mol. The van der Waals surface area contributed by atoms with Crippen LogP contribution in [-0.2, 0) is 9.53 Å². The number of rotatable bonds is 4. The van der Waals surface area contributed by atoms with E-state index in [4.69, 9.17) is 4.74 Å². The highest BCUT2D eigenvalue weighted by molar-refractivity contribution is 5.85. The van der Waals surface area contributed by atoms with E-state index < -0.39 is 0 Å². The van der Waals surface area contributed by atoms with E-state index in [0.717, 1.165) is 19.5 Å². The monoisotopic (exact) mass is 197 g/mol. The average Bonchev–Trinajstić information content (AvgIpc) is 2.90. The lowest BCUT2D eigenvalue weighted by Gasteiger charge is -2.23.